The van der Waals surface area contributed by atoms with Crippen LogP contribution < -0.4 is 0 Å². The molecule has 2 unspecified atom stereocenters. The molecule has 4 nitrogen and oxygen atoms in total. The van der Waals surface area contributed by atoms with Crippen LogP contribution in [0.3, 0.4) is 0 Å². The largest absolute Gasteiger partial charge is 0.380 e. The number of halogens is 3. The number of aromatic nitrogens is 3. The lowest BCUT2D eigenvalue weighted by atomic mass is 9.89. The lowest BCUT2D eigenvalue weighted by molar-refractivity contribution is -0.0498. The van der Waals surface area contributed by atoms with Crippen LogP contribution in [-0.4, -0.2) is 26.0 Å². The third-order valence-electron chi connectivity index (χ3n) is 2.93. The van der Waals surface area contributed by atoms with Crippen LogP contribution in [0.25, 0.3) is 0 Å². The van der Waals surface area contributed by atoms with E-state index in [-0.39, 0.29) is 17.1 Å². The molecule has 0 saturated carbocycles. The van der Waals surface area contributed by atoms with E-state index < -0.39 is 11.8 Å². The first-order valence-corrected chi connectivity index (χ1v) is 6.33. The normalized spacial score (nSPS) is 16.1. The van der Waals surface area contributed by atoms with E-state index in [1.54, 1.807) is 6.07 Å². The molecule has 2 rings (SSSR count). The van der Waals surface area contributed by atoms with Gasteiger partial charge in [0.15, 0.2) is 0 Å². The lowest BCUT2D eigenvalue weighted by Crippen LogP contribution is -2.40. The molecule has 1 aromatic heterocycles. The molecular weight excluding hydrogens is 292 g/mol. The molecule has 0 bridgehead atoms. The molecule has 1 heterocycles. The standard InChI is InChI=1S/C12H12Cl2FN3O/c1-8(15)12(19,5-18-7-16-6-17-18)10-3-2-9(13)4-11(10)14/h2-4,6-8,19H,5H2,1H3. The maximum Gasteiger partial charge on any atom is 0.141 e. The van der Waals surface area contributed by atoms with E-state index in [1.807, 2.05) is 0 Å². The zero-order valence-corrected chi connectivity index (χ0v) is 11.6. The first-order chi connectivity index (χ1) is 8.93. The summed E-state index contributed by atoms with van der Waals surface area (Å²) in [5, 5.41) is 15.1. The molecular formula is C12H12Cl2FN3O. The van der Waals surface area contributed by atoms with Crippen molar-refractivity contribution in [2.24, 2.45) is 0 Å². The van der Waals surface area contributed by atoms with Crippen molar-refractivity contribution in [2.75, 3.05) is 0 Å². The molecule has 7 heteroatoms. The zero-order valence-electron chi connectivity index (χ0n) is 10.1. The highest BCUT2D eigenvalue weighted by Gasteiger charge is 2.38. The third kappa shape index (κ3) is 2.88. The van der Waals surface area contributed by atoms with Gasteiger partial charge in [-0.15, -0.1) is 0 Å². The first-order valence-electron chi connectivity index (χ1n) is 5.58. The molecule has 1 N–H and O–H groups in total. The van der Waals surface area contributed by atoms with Crippen LogP contribution >= 0.6 is 23.2 Å². The van der Waals surface area contributed by atoms with E-state index in [0.29, 0.717) is 5.02 Å². The molecule has 0 aliphatic rings. The zero-order chi connectivity index (χ0) is 14.0. The van der Waals surface area contributed by atoms with Gasteiger partial charge in [-0.2, -0.15) is 5.10 Å². The van der Waals surface area contributed by atoms with E-state index in [2.05, 4.69) is 10.1 Å². The average Bonchev–Trinajstić information content (AvgIpc) is 2.81. The molecule has 1 aromatic carbocycles. The Balaban J connectivity index is 2.43. The first kappa shape index (κ1) is 14.2. The molecule has 0 aliphatic heterocycles. The number of hydrogen-bond donors (Lipinski definition) is 1. The third-order valence-corrected chi connectivity index (χ3v) is 3.47. The minimum Gasteiger partial charge on any atom is -0.380 e. The predicted octanol–water partition coefficient (Wildman–Crippen LogP) is 2.83. The van der Waals surface area contributed by atoms with E-state index in [0.717, 1.165) is 0 Å². The monoisotopic (exact) mass is 303 g/mol. The number of benzene rings is 1. The maximum atomic E-state index is 13.9. The Morgan fingerprint density at radius 3 is 2.74 bits per heavy atom. The molecule has 0 radical (unpaired) electrons. The second-order valence-corrected chi connectivity index (χ2v) is 5.10. The van der Waals surface area contributed by atoms with Crippen LogP contribution in [0.15, 0.2) is 30.9 Å². The van der Waals surface area contributed by atoms with Crippen molar-refractivity contribution >= 4 is 23.2 Å². The fourth-order valence-corrected chi connectivity index (χ4v) is 2.40. The molecule has 19 heavy (non-hydrogen) atoms. The quantitative estimate of drug-likeness (QED) is 0.945. The molecule has 0 amide bonds. The Bertz CT molecular complexity index is 562. The van der Waals surface area contributed by atoms with Crippen LogP contribution in [0.5, 0.6) is 0 Å². The highest BCUT2D eigenvalue weighted by Crippen LogP contribution is 2.35. The van der Waals surface area contributed by atoms with Crippen molar-refractivity contribution in [2.45, 2.75) is 25.2 Å². The van der Waals surface area contributed by atoms with Crippen LogP contribution in [0.4, 0.5) is 4.39 Å². The molecule has 0 spiro atoms. The van der Waals surface area contributed by atoms with Gasteiger partial charge in [-0.3, -0.25) is 0 Å². The van der Waals surface area contributed by atoms with Gasteiger partial charge in [0.1, 0.15) is 24.4 Å². The van der Waals surface area contributed by atoms with Crippen molar-refractivity contribution in [1.29, 1.82) is 0 Å². The minimum absolute atomic E-state index is 0.0913. The lowest BCUT2D eigenvalue weighted by Gasteiger charge is -2.30. The molecule has 2 aromatic rings. The Morgan fingerprint density at radius 2 is 2.21 bits per heavy atom. The number of alkyl halides is 1. The maximum absolute atomic E-state index is 13.9. The van der Waals surface area contributed by atoms with Crippen LogP contribution in [-0.2, 0) is 12.1 Å². The van der Waals surface area contributed by atoms with Gasteiger partial charge in [0, 0.05) is 15.6 Å². The van der Waals surface area contributed by atoms with Crippen LogP contribution in [0.1, 0.15) is 12.5 Å². The summed E-state index contributed by atoms with van der Waals surface area (Å²) in [5.41, 5.74) is -1.53. The summed E-state index contributed by atoms with van der Waals surface area (Å²) in [5.74, 6) is 0. The molecule has 2 atom stereocenters. The van der Waals surface area contributed by atoms with Gasteiger partial charge in [0.25, 0.3) is 0 Å². The van der Waals surface area contributed by atoms with Gasteiger partial charge in [-0.25, -0.2) is 14.1 Å². The molecule has 0 aliphatic carbocycles. The molecule has 0 saturated heterocycles. The van der Waals surface area contributed by atoms with Gasteiger partial charge in [-0.05, 0) is 19.1 Å². The minimum atomic E-state index is -1.80. The summed E-state index contributed by atoms with van der Waals surface area (Å²) in [7, 11) is 0. The SMILES string of the molecule is CC(F)C(O)(Cn1cncn1)c1ccc(Cl)cc1Cl. The summed E-state index contributed by atoms with van der Waals surface area (Å²) < 4.78 is 15.3. The second kappa shape index (κ2) is 5.45. The van der Waals surface area contributed by atoms with E-state index in [4.69, 9.17) is 23.2 Å². The summed E-state index contributed by atoms with van der Waals surface area (Å²) >= 11 is 11.8. The van der Waals surface area contributed by atoms with E-state index in [9.17, 15) is 9.50 Å². The topological polar surface area (TPSA) is 50.9 Å². The van der Waals surface area contributed by atoms with Gasteiger partial charge in [0.05, 0.1) is 6.54 Å². The van der Waals surface area contributed by atoms with E-state index in [1.165, 1.54) is 36.4 Å². The van der Waals surface area contributed by atoms with Crippen molar-refractivity contribution in [3.8, 4) is 0 Å². The fraction of sp³-hybridized carbons (Fsp3) is 0.333. The highest BCUT2D eigenvalue weighted by atomic mass is 35.5. The van der Waals surface area contributed by atoms with Crippen molar-refractivity contribution in [3.05, 3.63) is 46.5 Å². The van der Waals surface area contributed by atoms with Crippen molar-refractivity contribution in [1.82, 2.24) is 14.8 Å². The van der Waals surface area contributed by atoms with Gasteiger partial charge in [0.2, 0.25) is 0 Å². The summed E-state index contributed by atoms with van der Waals surface area (Å²) in [4.78, 5) is 3.76. The van der Waals surface area contributed by atoms with Gasteiger partial charge < -0.3 is 5.11 Å². The number of rotatable bonds is 4. The Labute approximate surface area is 119 Å². The second-order valence-electron chi connectivity index (χ2n) is 4.26. The van der Waals surface area contributed by atoms with Crippen LogP contribution in [0, 0.1) is 0 Å². The summed E-state index contributed by atoms with van der Waals surface area (Å²) in [6.07, 6.45) is 1.17. The van der Waals surface area contributed by atoms with Crippen molar-refractivity contribution in [3.63, 3.8) is 0 Å². The Kier molecular flexibility index (Phi) is 4.08. The number of hydrogen-bond acceptors (Lipinski definition) is 3. The number of nitrogens with zero attached hydrogens (tertiary/aromatic N) is 3. The number of aliphatic hydroxyl groups is 1. The average molecular weight is 304 g/mol. The Morgan fingerprint density at radius 1 is 1.47 bits per heavy atom. The van der Waals surface area contributed by atoms with Crippen molar-refractivity contribution < 1.29 is 9.50 Å². The fourth-order valence-electron chi connectivity index (χ4n) is 1.83. The van der Waals surface area contributed by atoms with E-state index >= 15 is 0 Å². The Hall–Kier alpha value is -1.17. The highest BCUT2D eigenvalue weighted by molar-refractivity contribution is 6.35. The van der Waals surface area contributed by atoms with Gasteiger partial charge in [-0.1, -0.05) is 29.3 Å². The summed E-state index contributed by atoms with van der Waals surface area (Å²) in [6, 6.07) is 4.53. The predicted molar refractivity (Wildman–Crippen MR) is 71.0 cm³/mol. The van der Waals surface area contributed by atoms with Crippen LogP contribution in [0.2, 0.25) is 10.0 Å². The smallest absolute Gasteiger partial charge is 0.141 e. The molecule has 102 valence electrons. The van der Waals surface area contributed by atoms with Gasteiger partial charge >= 0.3 is 0 Å². The molecule has 0 fully saturated rings. The summed E-state index contributed by atoms with van der Waals surface area (Å²) in [6.45, 7) is 1.17.